The third-order valence-electron chi connectivity index (χ3n) is 12.0. The Morgan fingerprint density at radius 1 is 0.636 bits per heavy atom. The number of carboxylic acids is 3. The number of aliphatic carboxylic acids is 3. The van der Waals surface area contributed by atoms with Crippen LogP contribution in [-0.2, 0) is 53.3 Å². The second-order valence-electron chi connectivity index (χ2n) is 15.9. The molecule has 292 valence electrons. The number of fused-ring (bicyclic) bond motifs is 1. The number of hydrogen-bond acceptors (Lipinski definition) is 9. The molecule has 0 radical (unpaired) electrons. The van der Waals surface area contributed by atoms with Crippen LogP contribution in [-0.4, -0.2) is 92.6 Å². The van der Waals surface area contributed by atoms with Gasteiger partial charge >= 0.3 is 17.9 Å². The fourth-order valence-electron chi connectivity index (χ4n) is 8.98. The van der Waals surface area contributed by atoms with Crippen molar-refractivity contribution in [3.05, 3.63) is 94.3 Å². The molecule has 4 aromatic rings. The Labute approximate surface area is 321 Å². The topological polar surface area (TPSA) is 193 Å². The molecule has 6 atom stereocenters. The third kappa shape index (κ3) is 9.77. The lowest BCUT2D eigenvalue weighted by Gasteiger charge is -2.24. The molecule has 0 amide bonds. The molecule has 2 aromatic heterocycles. The molecule has 55 heavy (non-hydrogen) atoms. The molecule has 3 fully saturated rings. The average molecular weight is 752 g/mol. The largest absolute Gasteiger partial charge is 0.481 e. The van der Waals surface area contributed by atoms with Gasteiger partial charge in [0.25, 0.3) is 0 Å². The molecular weight excluding hydrogens is 699 g/mol. The Morgan fingerprint density at radius 2 is 1.11 bits per heavy atom. The number of rotatable bonds is 18. The molecule has 7 rings (SSSR count). The molecule has 3 saturated heterocycles. The van der Waals surface area contributed by atoms with Crippen LogP contribution in [0.4, 0.5) is 0 Å². The summed E-state index contributed by atoms with van der Waals surface area (Å²) >= 11 is 0. The maximum absolute atomic E-state index is 12.3. The number of hydrogen-bond donors (Lipinski definition) is 7. The number of carboxylic acid groups (broad SMARTS) is 3. The van der Waals surface area contributed by atoms with Crippen LogP contribution in [0.5, 0.6) is 0 Å². The van der Waals surface area contributed by atoms with E-state index in [0.717, 1.165) is 91.1 Å². The van der Waals surface area contributed by atoms with Crippen molar-refractivity contribution in [1.82, 2.24) is 36.0 Å². The lowest BCUT2D eigenvalue weighted by Crippen LogP contribution is -2.28. The zero-order valence-corrected chi connectivity index (χ0v) is 31.3. The lowest BCUT2D eigenvalue weighted by atomic mass is 9.86. The second-order valence-corrected chi connectivity index (χ2v) is 15.9. The summed E-state index contributed by atoms with van der Waals surface area (Å²) in [4.78, 5) is 44.2. The van der Waals surface area contributed by atoms with Crippen molar-refractivity contribution >= 4 is 28.9 Å². The molecule has 0 aliphatic carbocycles. The number of nitrogens with zero attached hydrogens (tertiary/aromatic N) is 3. The van der Waals surface area contributed by atoms with Gasteiger partial charge in [-0.2, -0.15) is 5.10 Å². The van der Waals surface area contributed by atoms with E-state index in [1.165, 1.54) is 0 Å². The highest BCUT2D eigenvalue weighted by molar-refractivity contribution is 5.77. The number of pyridine rings is 1. The van der Waals surface area contributed by atoms with Gasteiger partial charge in [0.05, 0.1) is 23.3 Å². The summed E-state index contributed by atoms with van der Waals surface area (Å²) in [5, 5.41) is 48.0. The van der Waals surface area contributed by atoms with Crippen LogP contribution in [0.15, 0.2) is 60.7 Å². The number of aromatic amines is 1. The van der Waals surface area contributed by atoms with E-state index in [4.69, 9.17) is 10.1 Å². The predicted octanol–water partition coefficient (Wildman–Crippen LogP) is 3.72. The Kier molecular flexibility index (Phi) is 12.5. The highest BCUT2D eigenvalue weighted by Crippen LogP contribution is 2.28. The molecule has 6 unspecified atom stereocenters. The number of benzene rings is 2. The second kappa shape index (κ2) is 17.8. The van der Waals surface area contributed by atoms with Gasteiger partial charge in [0, 0.05) is 31.7 Å². The Hall–Kier alpha value is -4.69. The quantitative estimate of drug-likeness (QED) is 0.0781. The molecule has 0 saturated carbocycles. The van der Waals surface area contributed by atoms with Gasteiger partial charge in [-0.15, -0.1) is 0 Å². The zero-order chi connectivity index (χ0) is 38.3. The summed E-state index contributed by atoms with van der Waals surface area (Å²) in [7, 11) is 0. The van der Waals surface area contributed by atoms with Crippen molar-refractivity contribution < 1.29 is 29.7 Å². The lowest BCUT2D eigenvalue weighted by molar-refractivity contribution is -0.144. The predicted molar refractivity (Wildman–Crippen MR) is 207 cm³/mol. The molecule has 2 aromatic carbocycles. The average Bonchev–Trinajstić information content (AvgIpc) is 4.01. The van der Waals surface area contributed by atoms with E-state index >= 15 is 0 Å². The first kappa shape index (κ1) is 38.6. The van der Waals surface area contributed by atoms with Crippen molar-refractivity contribution in [2.75, 3.05) is 39.3 Å². The zero-order valence-electron chi connectivity index (χ0n) is 31.3. The van der Waals surface area contributed by atoms with Gasteiger partial charge in [0.1, 0.15) is 11.2 Å². The standard InChI is InChI=1S/C42H53N7O6/c50-40(51)34(30-9-12-43-20-30)17-26-3-1-5-28(15-26)23-49(24-29-6-2-4-27(16-29)18-35(41(52)53)31-10-13-44-21-31)25-38-39-37(47-48-38)8-7-33(46-39)19-36(42(54)55)32-11-14-45-22-32/h1-8,15-16,30-32,34-36,43-45H,9-14,17-25H2,(H,47,48)(H,50,51)(H,52,53)(H,54,55). The molecule has 13 heteroatoms. The maximum Gasteiger partial charge on any atom is 0.307 e. The molecule has 13 nitrogen and oxygen atoms in total. The normalized spacial score (nSPS) is 21.6. The van der Waals surface area contributed by atoms with E-state index in [1.807, 2.05) is 36.4 Å². The summed E-state index contributed by atoms with van der Waals surface area (Å²) < 4.78 is 0. The Balaban J connectivity index is 1.15. The fourth-order valence-corrected chi connectivity index (χ4v) is 8.98. The first-order valence-electron chi connectivity index (χ1n) is 19.7. The SMILES string of the molecule is O=C(O)C(Cc1cccc(CN(Cc2cccc(CC(C(=O)O)C3CCNC3)c2)Cc2n[nH]c3ccc(CC(C(=O)O)C4CCNC4)nc23)c1)C1CCNC1. The molecule has 3 aliphatic heterocycles. The van der Waals surface area contributed by atoms with Crippen LogP contribution >= 0.6 is 0 Å². The smallest absolute Gasteiger partial charge is 0.307 e. The van der Waals surface area contributed by atoms with Crippen LogP contribution in [0, 0.1) is 35.5 Å². The Bertz CT molecular complexity index is 1870. The van der Waals surface area contributed by atoms with Crippen molar-refractivity contribution in [2.24, 2.45) is 35.5 Å². The Morgan fingerprint density at radius 3 is 1.56 bits per heavy atom. The van der Waals surface area contributed by atoms with Gasteiger partial charge in [-0.3, -0.25) is 24.4 Å². The first-order chi connectivity index (χ1) is 26.7. The van der Waals surface area contributed by atoms with E-state index in [0.29, 0.717) is 51.0 Å². The van der Waals surface area contributed by atoms with Gasteiger partial charge < -0.3 is 31.3 Å². The van der Waals surface area contributed by atoms with Gasteiger partial charge in [0.15, 0.2) is 0 Å². The van der Waals surface area contributed by atoms with Gasteiger partial charge in [-0.1, -0.05) is 48.5 Å². The minimum atomic E-state index is -0.803. The molecule has 3 aliphatic rings. The summed E-state index contributed by atoms with van der Waals surface area (Å²) in [5.41, 5.74) is 7.02. The highest BCUT2D eigenvalue weighted by Gasteiger charge is 2.33. The monoisotopic (exact) mass is 751 g/mol. The number of aromatic nitrogens is 3. The summed E-state index contributed by atoms with van der Waals surface area (Å²) in [6.45, 7) is 6.18. The van der Waals surface area contributed by atoms with Gasteiger partial charge in [0.2, 0.25) is 0 Å². The van der Waals surface area contributed by atoms with Crippen molar-refractivity contribution in [1.29, 1.82) is 0 Å². The van der Waals surface area contributed by atoms with Crippen LogP contribution in [0.2, 0.25) is 0 Å². The van der Waals surface area contributed by atoms with E-state index < -0.39 is 35.7 Å². The van der Waals surface area contributed by atoms with E-state index in [2.05, 4.69) is 50.2 Å². The first-order valence-corrected chi connectivity index (χ1v) is 19.7. The maximum atomic E-state index is 12.3. The molecule has 5 heterocycles. The van der Waals surface area contributed by atoms with Crippen LogP contribution < -0.4 is 16.0 Å². The molecule has 0 spiro atoms. The van der Waals surface area contributed by atoms with Gasteiger partial charge in [-0.05, 0) is 124 Å². The summed E-state index contributed by atoms with van der Waals surface area (Å²) in [6, 6.07) is 20.2. The number of nitrogens with one attached hydrogen (secondary N) is 4. The number of H-pyrrole nitrogens is 1. The minimum absolute atomic E-state index is 0.0575. The molecule has 7 N–H and O–H groups in total. The summed E-state index contributed by atoms with van der Waals surface area (Å²) in [5.74, 6) is -3.51. The fraction of sp³-hybridized carbons (Fsp3) is 0.500. The van der Waals surface area contributed by atoms with Crippen LogP contribution in [0.3, 0.4) is 0 Å². The van der Waals surface area contributed by atoms with E-state index in [9.17, 15) is 29.7 Å². The molecule has 0 bridgehead atoms. The van der Waals surface area contributed by atoms with Crippen molar-refractivity contribution in [3.63, 3.8) is 0 Å². The van der Waals surface area contributed by atoms with Crippen molar-refractivity contribution in [3.8, 4) is 0 Å². The summed E-state index contributed by atoms with van der Waals surface area (Å²) in [6.07, 6.45) is 3.81. The van der Waals surface area contributed by atoms with Crippen LogP contribution in [0.1, 0.15) is 52.9 Å². The van der Waals surface area contributed by atoms with E-state index in [1.54, 1.807) is 0 Å². The third-order valence-corrected chi connectivity index (χ3v) is 12.0. The highest BCUT2D eigenvalue weighted by atomic mass is 16.4. The molecular formula is C42H53N7O6. The van der Waals surface area contributed by atoms with Crippen LogP contribution in [0.25, 0.3) is 11.0 Å². The van der Waals surface area contributed by atoms with E-state index in [-0.39, 0.29) is 17.8 Å². The van der Waals surface area contributed by atoms with Gasteiger partial charge in [-0.25, -0.2) is 4.98 Å². The van der Waals surface area contributed by atoms with Crippen molar-refractivity contribution in [2.45, 2.75) is 58.2 Å². The minimum Gasteiger partial charge on any atom is -0.481 e. The number of carbonyl (C=O) groups is 3.